The van der Waals surface area contributed by atoms with Crippen molar-refractivity contribution < 1.29 is 32.6 Å². The third kappa shape index (κ3) is 6.76. The normalized spacial score (nSPS) is 11.4. The van der Waals surface area contributed by atoms with Crippen molar-refractivity contribution in [2.45, 2.75) is 19.0 Å². The Labute approximate surface area is 178 Å². The zero-order valence-electron chi connectivity index (χ0n) is 15.6. The largest absolute Gasteiger partial charge is 0.504 e. The van der Waals surface area contributed by atoms with E-state index in [1.54, 1.807) is 12.1 Å². The summed E-state index contributed by atoms with van der Waals surface area (Å²) in [5.41, 5.74) is 1.57. The predicted molar refractivity (Wildman–Crippen MR) is 107 cm³/mol. The van der Waals surface area contributed by atoms with Gasteiger partial charge >= 0.3 is 6.18 Å². The number of aromatic hydroxyl groups is 1. The number of carbonyl (C=O) groups excluding carboxylic acids is 2. The maximum absolute atomic E-state index is 12.7. The number of anilines is 1. The molecule has 0 saturated carbocycles. The highest BCUT2D eigenvalue weighted by Gasteiger charge is 2.30. The van der Waals surface area contributed by atoms with Crippen LogP contribution in [0.4, 0.5) is 18.9 Å². The van der Waals surface area contributed by atoms with E-state index in [0.29, 0.717) is 4.47 Å². The molecule has 0 aromatic heterocycles. The van der Waals surface area contributed by atoms with Crippen LogP contribution in [0, 0.1) is 0 Å². The number of benzene rings is 2. The van der Waals surface area contributed by atoms with Gasteiger partial charge in [-0.2, -0.15) is 18.3 Å². The summed E-state index contributed by atoms with van der Waals surface area (Å²) < 4.78 is 43.7. The SMILES string of the molecule is COc1cc(Br)cc(C=NNC(=O)CCC(=O)Nc2cccc(C(F)(F)F)c2)c1O. The van der Waals surface area contributed by atoms with E-state index < -0.39 is 23.6 Å². The van der Waals surface area contributed by atoms with E-state index in [4.69, 9.17) is 4.74 Å². The molecule has 2 rings (SSSR count). The first-order valence-corrected chi connectivity index (χ1v) is 9.25. The van der Waals surface area contributed by atoms with E-state index in [-0.39, 0.29) is 35.6 Å². The number of nitrogens with one attached hydrogen (secondary N) is 2. The van der Waals surface area contributed by atoms with Gasteiger partial charge in [-0.1, -0.05) is 22.0 Å². The van der Waals surface area contributed by atoms with Crippen LogP contribution in [0.2, 0.25) is 0 Å². The van der Waals surface area contributed by atoms with Gasteiger partial charge in [0.25, 0.3) is 0 Å². The van der Waals surface area contributed by atoms with Crippen LogP contribution in [0.3, 0.4) is 0 Å². The predicted octanol–water partition coefficient (Wildman–Crippen LogP) is 4.05. The lowest BCUT2D eigenvalue weighted by atomic mass is 10.2. The minimum Gasteiger partial charge on any atom is -0.504 e. The van der Waals surface area contributed by atoms with Crippen molar-refractivity contribution in [1.29, 1.82) is 0 Å². The molecule has 0 saturated heterocycles. The zero-order valence-corrected chi connectivity index (χ0v) is 17.2. The molecule has 2 aromatic carbocycles. The average molecular weight is 488 g/mol. The number of phenolic OH excluding ortho intramolecular Hbond substituents is 1. The first-order valence-electron chi connectivity index (χ1n) is 8.45. The summed E-state index contributed by atoms with van der Waals surface area (Å²) in [4.78, 5) is 23.7. The summed E-state index contributed by atoms with van der Waals surface area (Å²) in [6, 6.07) is 7.29. The van der Waals surface area contributed by atoms with E-state index in [2.05, 4.69) is 31.8 Å². The van der Waals surface area contributed by atoms with E-state index in [1.807, 2.05) is 0 Å². The maximum Gasteiger partial charge on any atom is 0.416 e. The van der Waals surface area contributed by atoms with E-state index >= 15 is 0 Å². The Morgan fingerprint density at radius 3 is 2.57 bits per heavy atom. The molecule has 0 unspecified atom stereocenters. The molecule has 30 heavy (non-hydrogen) atoms. The number of phenols is 1. The van der Waals surface area contributed by atoms with Crippen LogP contribution < -0.4 is 15.5 Å². The molecule has 0 aliphatic carbocycles. The van der Waals surface area contributed by atoms with Gasteiger partial charge in [0.2, 0.25) is 11.8 Å². The standard InChI is InChI=1S/C19H17BrF3N3O4/c1-30-15-9-13(20)7-11(18(15)29)10-24-26-17(28)6-5-16(27)25-14-4-2-3-12(8-14)19(21,22)23/h2-4,7-10,29H,5-6H2,1H3,(H,25,27)(H,26,28). The summed E-state index contributed by atoms with van der Waals surface area (Å²) in [6.07, 6.45) is -3.82. The van der Waals surface area contributed by atoms with Crippen molar-refractivity contribution in [2.24, 2.45) is 5.10 Å². The molecule has 0 bridgehead atoms. The molecule has 0 aliphatic rings. The molecule has 0 radical (unpaired) electrons. The smallest absolute Gasteiger partial charge is 0.416 e. The zero-order chi connectivity index (χ0) is 22.3. The number of methoxy groups -OCH3 is 1. The fraction of sp³-hybridized carbons (Fsp3) is 0.211. The van der Waals surface area contributed by atoms with Crippen LogP contribution in [-0.4, -0.2) is 30.2 Å². The summed E-state index contributed by atoms with van der Waals surface area (Å²) in [5.74, 6) is -1.17. The number of amides is 2. The lowest BCUT2D eigenvalue weighted by Crippen LogP contribution is -2.20. The summed E-state index contributed by atoms with van der Waals surface area (Å²) in [5, 5.41) is 16.0. The topological polar surface area (TPSA) is 100 Å². The highest BCUT2D eigenvalue weighted by molar-refractivity contribution is 9.10. The molecular formula is C19H17BrF3N3O4. The Morgan fingerprint density at radius 1 is 1.20 bits per heavy atom. The molecule has 2 aromatic rings. The number of halogens is 4. The van der Waals surface area contributed by atoms with Crippen LogP contribution >= 0.6 is 15.9 Å². The van der Waals surface area contributed by atoms with Crippen molar-refractivity contribution >= 4 is 39.6 Å². The van der Waals surface area contributed by atoms with Gasteiger partial charge in [0.15, 0.2) is 11.5 Å². The van der Waals surface area contributed by atoms with Gasteiger partial charge in [-0.15, -0.1) is 0 Å². The fourth-order valence-electron chi connectivity index (χ4n) is 2.30. The van der Waals surface area contributed by atoms with Gasteiger partial charge in [0.05, 0.1) is 18.9 Å². The van der Waals surface area contributed by atoms with Crippen molar-refractivity contribution in [3.8, 4) is 11.5 Å². The van der Waals surface area contributed by atoms with Gasteiger partial charge in [0.1, 0.15) is 0 Å². The molecule has 0 heterocycles. The van der Waals surface area contributed by atoms with E-state index in [1.165, 1.54) is 25.5 Å². The van der Waals surface area contributed by atoms with Gasteiger partial charge < -0.3 is 15.2 Å². The highest BCUT2D eigenvalue weighted by atomic mass is 79.9. The molecular weight excluding hydrogens is 471 g/mol. The molecule has 0 spiro atoms. The number of rotatable bonds is 7. The summed E-state index contributed by atoms with van der Waals surface area (Å²) in [6.45, 7) is 0. The van der Waals surface area contributed by atoms with Crippen molar-refractivity contribution in [2.75, 3.05) is 12.4 Å². The number of hydrogen-bond donors (Lipinski definition) is 3. The second-order valence-corrected chi connectivity index (χ2v) is 6.88. The Balaban J connectivity index is 1.86. The number of hydrogen-bond acceptors (Lipinski definition) is 5. The number of carbonyl (C=O) groups is 2. The molecule has 3 N–H and O–H groups in total. The molecule has 0 fully saturated rings. The average Bonchev–Trinajstić information content (AvgIpc) is 2.68. The minimum absolute atomic E-state index is 0.0210. The Hall–Kier alpha value is -3.08. The van der Waals surface area contributed by atoms with Crippen LogP contribution in [0.1, 0.15) is 24.0 Å². The Morgan fingerprint density at radius 2 is 1.90 bits per heavy atom. The quantitative estimate of drug-likeness (QED) is 0.405. The number of ether oxygens (including phenoxy) is 1. The van der Waals surface area contributed by atoms with Crippen molar-refractivity contribution in [1.82, 2.24) is 5.43 Å². The fourth-order valence-corrected chi connectivity index (χ4v) is 2.76. The van der Waals surface area contributed by atoms with Crippen LogP contribution in [0.25, 0.3) is 0 Å². The molecule has 160 valence electrons. The third-order valence-corrected chi connectivity index (χ3v) is 4.19. The van der Waals surface area contributed by atoms with E-state index in [9.17, 15) is 27.9 Å². The minimum atomic E-state index is -4.52. The highest BCUT2D eigenvalue weighted by Crippen LogP contribution is 2.32. The van der Waals surface area contributed by atoms with Crippen molar-refractivity contribution in [3.05, 3.63) is 52.0 Å². The van der Waals surface area contributed by atoms with Gasteiger partial charge in [0, 0.05) is 28.6 Å². The van der Waals surface area contributed by atoms with Gasteiger partial charge in [-0.3, -0.25) is 9.59 Å². The first kappa shape index (κ1) is 23.2. The second-order valence-electron chi connectivity index (χ2n) is 5.97. The molecule has 7 nitrogen and oxygen atoms in total. The number of alkyl halides is 3. The Bertz CT molecular complexity index is 965. The Kier molecular flexibility index (Phi) is 7.81. The number of nitrogens with zero attached hydrogens (tertiary/aromatic N) is 1. The number of hydrazone groups is 1. The third-order valence-electron chi connectivity index (χ3n) is 3.73. The maximum atomic E-state index is 12.7. The molecule has 0 aliphatic heterocycles. The van der Waals surface area contributed by atoms with Crippen LogP contribution in [-0.2, 0) is 15.8 Å². The van der Waals surface area contributed by atoms with Gasteiger partial charge in [-0.05, 0) is 30.3 Å². The van der Waals surface area contributed by atoms with E-state index in [0.717, 1.165) is 12.1 Å². The molecule has 2 amide bonds. The summed E-state index contributed by atoms with van der Waals surface area (Å²) in [7, 11) is 1.38. The lowest BCUT2D eigenvalue weighted by molar-refractivity contribution is -0.137. The van der Waals surface area contributed by atoms with Crippen LogP contribution in [0.5, 0.6) is 11.5 Å². The lowest BCUT2D eigenvalue weighted by Gasteiger charge is -2.09. The van der Waals surface area contributed by atoms with Gasteiger partial charge in [-0.25, -0.2) is 5.43 Å². The second kappa shape index (κ2) is 10.1. The molecule has 11 heteroatoms. The monoisotopic (exact) mass is 487 g/mol. The molecule has 0 atom stereocenters. The van der Waals surface area contributed by atoms with Crippen LogP contribution in [0.15, 0.2) is 46.0 Å². The summed E-state index contributed by atoms with van der Waals surface area (Å²) >= 11 is 3.25. The first-order chi connectivity index (χ1) is 14.1. The van der Waals surface area contributed by atoms with Crippen molar-refractivity contribution in [3.63, 3.8) is 0 Å².